The van der Waals surface area contributed by atoms with E-state index >= 15 is 0 Å². The molecular formula is C13H24N4. The Bertz CT molecular complexity index is 352. The van der Waals surface area contributed by atoms with Crippen LogP contribution in [0.5, 0.6) is 0 Å². The van der Waals surface area contributed by atoms with Gasteiger partial charge in [0.1, 0.15) is 0 Å². The van der Waals surface area contributed by atoms with Crippen LogP contribution in [0.25, 0.3) is 6.20 Å². The van der Waals surface area contributed by atoms with Crippen LogP contribution in [0.2, 0.25) is 0 Å². The third kappa shape index (κ3) is 5.15. The van der Waals surface area contributed by atoms with E-state index in [-0.39, 0.29) is 5.41 Å². The van der Waals surface area contributed by atoms with E-state index in [9.17, 15) is 0 Å². The topological polar surface area (TPSA) is 33.1 Å². The molecule has 0 fully saturated rings. The Morgan fingerprint density at radius 2 is 2.24 bits per heavy atom. The van der Waals surface area contributed by atoms with E-state index < -0.39 is 0 Å². The van der Waals surface area contributed by atoms with Crippen molar-refractivity contribution in [3.05, 3.63) is 24.5 Å². The van der Waals surface area contributed by atoms with Gasteiger partial charge in [-0.05, 0) is 19.5 Å². The predicted molar refractivity (Wildman–Crippen MR) is 72.7 cm³/mol. The van der Waals surface area contributed by atoms with Crippen molar-refractivity contribution in [1.82, 2.24) is 20.0 Å². The summed E-state index contributed by atoms with van der Waals surface area (Å²) >= 11 is 0. The minimum atomic E-state index is 0.276. The van der Waals surface area contributed by atoms with Gasteiger partial charge in [0, 0.05) is 37.6 Å². The lowest BCUT2D eigenvalue weighted by molar-refractivity contribution is 0.232. The van der Waals surface area contributed by atoms with Crippen molar-refractivity contribution < 1.29 is 0 Å². The van der Waals surface area contributed by atoms with Crippen molar-refractivity contribution in [3.8, 4) is 0 Å². The first-order chi connectivity index (χ1) is 7.93. The summed E-state index contributed by atoms with van der Waals surface area (Å²) < 4.78 is 1.72. The second kappa shape index (κ2) is 5.98. The molecule has 0 atom stereocenters. The molecule has 1 heterocycles. The van der Waals surface area contributed by atoms with Gasteiger partial charge in [-0.25, -0.2) is 4.68 Å². The average Bonchev–Trinajstić information content (AvgIpc) is 2.63. The summed E-state index contributed by atoms with van der Waals surface area (Å²) in [5.41, 5.74) is 1.46. The molecule has 4 heteroatoms. The zero-order valence-corrected chi connectivity index (χ0v) is 11.4. The van der Waals surface area contributed by atoms with Crippen molar-refractivity contribution in [3.63, 3.8) is 0 Å². The number of nitrogens with zero attached hydrogens (tertiary/aromatic N) is 3. The summed E-state index contributed by atoms with van der Waals surface area (Å²) in [7, 11) is 4.21. The van der Waals surface area contributed by atoms with Gasteiger partial charge < -0.3 is 10.2 Å². The van der Waals surface area contributed by atoms with Gasteiger partial charge in [0.15, 0.2) is 0 Å². The van der Waals surface area contributed by atoms with Crippen molar-refractivity contribution in [1.29, 1.82) is 0 Å². The first-order valence-corrected chi connectivity index (χ1v) is 5.94. The molecule has 0 aliphatic carbocycles. The van der Waals surface area contributed by atoms with Crippen LogP contribution in [0.15, 0.2) is 19.0 Å². The normalized spacial score (nSPS) is 12.1. The van der Waals surface area contributed by atoms with Crippen molar-refractivity contribution >= 4 is 6.20 Å². The highest BCUT2D eigenvalue weighted by molar-refractivity contribution is 5.17. The van der Waals surface area contributed by atoms with Gasteiger partial charge in [-0.1, -0.05) is 20.4 Å². The Morgan fingerprint density at radius 1 is 1.53 bits per heavy atom. The molecule has 1 rings (SSSR count). The second-order valence-electron chi connectivity index (χ2n) is 5.52. The molecule has 1 N–H and O–H groups in total. The van der Waals surface area contributed by atoms with E-state index in [4.69, 9.17) is 0 Å². The molecule has 0 aliphatic rings. The summed E-state index contributed by atoms with van der Waals surface area (Å²) in [6.45, 7) is 11.1. The first-order valence-electron chi connectivity index (χ1n) is 5.94. The highest BCUT2D eigenvalue weighted by Gasteiger charge is 2.18. The Balaban J connectivity index is 2.34. The zero-order chi connectivity index (χ0) is 12.9. The summed E-state index contributed by atoms with van der Waals surface area (Å²) in [4.78, 5) is 2.22. The average molecular weight is 236 g/mol. The van der Waals surface area contributed by atoms with E-state index in [1.54, 1.807) is 10.9 Å². The van der Waals surface area contributed by atoms with Gasteiger partial charge in [-0.15, -0.1) is 0 Å². The largest absolute Gasteiger partial charge is 0.312 e. The molecule has 1 aromatic rings. The van der Waals surface area contributed by atoms with Crippen LogP contribution in [0, 0.1) is 5.41 Å². The second-order valence-corrected chi connectivity index (χ2v) is 5.52. The maximum absolute atomic E-state index is 4.15. The third-order valence-electron chi connectivity index (χ3n) is 2.52. The summed E-state index contributed by atoms with van der Waals surface area (Å²) in [5, 5.41) is 7.62. The Morgan fingerprint density at radius 3 is 2.76 bits per heavy atom. The third-order valence-corrected chi connectivity index (χ3v) is 2.52. The number of aromatic nitrogens is 2. The van der Waals surface area contributed by atoms with Crippen LogP contribution >= 0.6 is 0 Å². The lowest BCUT2D eigenvalue weighted by atomic mass is 9.93. The molecule has 0 amide bonds. The van der Waals surface area contributed by atoms with E-state index in [0.717, 1.165) is 19.6 Å². The highest BCUT2D eigenvalue weighted by Crippen LogP contribution is 2.14. The van der Waals surface area contributed by atoms with Crippen LogP contribution < -0.4 is 5.32 Å². The molecule has 0 bridgehead atoms. The van der Waals surface area contributed by atoms with Gasteiger partial charge in [0.05, 0.1) is 6.20 Å². The van der Waals surface area contributed by atoms with E-state index in [2.05, 4.69) is 49.8 Å². The molecule has 0 spiro atoms. The zero-order valence-electron chi connectivity index (χ0n) is 11.4. The minimum absolute atomic E-state index is 0.276. The van der Waals surface area contributed by atoms with Gasteiger partial charge in [0.25, 0.3) is 0 Å². The Labute approximate surface area is 104 Å². The molecule has 0 aromatic carbocycles. The fourth-order valence-corrected chi connectivity index (χ4v) is 2.03. The van der Waals surface area contributed by atoms with Gasteiger partial charge in [0.2, 0.25) is 0 Å². The fourth-order valence-electron chi connectivity index (χ4n) is 2.03. The summed E-state index contributed by atoms with van der Waals surface area (Å²) in [6.07, 6.45) is 5.55. The van der Waals surface area contributed by atoms with Gasteiger partial charge >= 0.3 is 0 Å². The molecule has 0 aliphatic heterocycles. The Kier molecular flexibility index (Phi) is 4.90. The van der Waals surface area contributed by atoms with Crippen LogP contribution in [0.4, 0.5) is 0 Å². The number of hydrogen-bond acceptors (Lipinski definition) is 3. The fraction of sp³-hybridized carbons (Fsp3) is 0.615. The molecule has 0 radical (unpaired) electrons. The molecule has 1 aromatic heterocycles. The van der Waals surface area contributed by atoms with E-state index in [1.165, 1.54) is 5.56 Å². The van der Waals surface area contributed by atoms with E-state index in [1.807, 2.05) is 12.4 Å². The standard InChI is InChI=1S/C13H24N4/c1-6-17-9-12(8-15-17)7-14-10-13(2,3)11-16(4)5/h6,8-9,14H,1,7,10-11H2,2-5H3. The van der Waals surface area contributed by atoms with Crippen molar-refractivity contribution in [2.75, 3.05) is 27.2 Å². The summed E-state index contributed by atoms with van der Waals surface area (Å²) in [6, 6.07) is 0. The lowest BCUT2D eigenvalue weighted by Crippen LogP contribution is -2.37. The molecule has 0 saturated carbocycles. The maximum atomic E-state index is 4.15. The SMILES string of the molecule is C=Cn1cc(CNCC(C)(C)CN(C)C)cn1. The number of rotatable bonds is 7. The summed E-state index contributed by atoms with van der Waals surface area (Å²) in [5.74, 6) is 0. The number of nitrogens with one attached hydrogen (secondary N) is 1. The lowest BCUT2D eigenvalue weighted by Gasteiger charge is -2.28. The quantitative estimate of drug-likeness (QED) is 0.781. The smallest absolute Gasteiger partial charge is 0.0538 e. The molecule has 4 nitrogen and oxygen atoms in total. The van der Waals surface area contributed by atoms with Crippen molar-refractivity contribution in [2.24, 2.45) is 5.41 Å². The van der Waals surface area contributed by atoms with Gasteiger partial charge in [-0.3, -0.25) is 0 Å². The van der Waals surface area contributed by atoms with E-state index in [0.29, 0.717) is 0 Å². The highest BCUT2D eigenvalue weighted by atomic mass is 15.2. The van der Waals surface area contributed by atoms with Crippen LogP contribution in [-0.4, -0.2) is 41.9 Å². The predicted octanol–water partition coefficient (Wildman–Crippen LogP) is 1.66. The van der Waals surface area contributed by atoms with Crippen LogP contribution in [-0.2, 0) is 6.54 Å². The van der Waals surface area contributed by atoms with Crippen LogP contribution in [0.1, 0.15) is 19.4 Å². The Hall–Kier alpha value is -1.13. The van der Waals surface area contributed by atoms with Crippen LogP contribution in [0.3, 0.4) is 0 Å². The van der Waals surface area contributed by atoms with Crippen molar-refractivity contribution in [2.45, 2.75) is 20.4 Å². The first kappa shape index (κ1) is 13.9. The monoisotopic (exact) mass is 236 g/mol. The molecule has 96 valence electrons. The number of hydrogen-bond donors (Lipinski definition) is 1. The minimum Gasteiger partial charge on any atom is -0.312 e. The molecular weight excluding hydrogens is 212 g/mol. The maximum Gasteiger partial charge on any atom is 0.0538 e. The van der Waals surface area contributed by atoms with Gasteiger partial charge in [-0.2, -0.15) is 5.10 Å². The molecule has 17 heavy (non-hydrogen) atoms. The molecule has 0 saturated heterocycles. The molecule has 0 unspecified atom stereocenters.